The van der Waals surface area contributed by atoms with Gasteiger partial charge < -0.3 is 15.3 Å². The van der Waals surface area contributed by atoms with Crippen molar-refractivity contribution in [1.82, 2.24) is 4.90 Å². The van der Waals surface area contributed by atoms with Crippen LogP contribution in [0.1, 0.15) is 24.0 Å². The van der Waals surface area contributed by atoms with E-state index >= 15 is 0 Å². The zero-order valence-electron chi connectivity index (χ0n) is 16.1. The molecule has 2 unspecified atom stereocenters. The van der Waals surface area contributed by atoms with Crippen LogP contribution in [0, 0.1) is 11.8 Å². The quantitative estimate of drug-likeness (QED) is 0.691. The minimum absolute atomic E-state index is 0.0503. The third-order valence-electron chi connectivity index (χ3n) is 6.05. The first-order valence-electron chi connectivity index (χ1n) is 9.82. The highest BCUT2D eigenvalue weighted by molar-refractivity contribution is 6.31. The third-order valence-corrected chi connectivity index (χ3v) is 6.38. The second kappa shape index (κ2) is 7.78. The van der Waals surface area contributed by atoms with Crippen LogP contribution in [0.15, 0.2) is 48.5 Å². The van der Waals surface area contributed by atoms with Crippen LogP contribution in [0.4, 0.5) is 23.7 Å². The fourth-order valence-corrected chi connectivity index (χ4v) is 4.99. The largest absolute Gasteiger partial charge is 0.417 e. The van der Waals surface area contributed by atoms with Crippen LogP contribution in [0.5, 0.6) is 0 Å². The van der Waals surface area contributed by atoms with Gasteiger partial charge in [0.25, 0.3) is 0 Å². The van der Waals surface area contributed by atoms with Gasteiger partial charge in [-0.3, -0.25) is 0 Å². The zero-order chi connectivity index (χ0) is 21.5. The van der Waals surface area contributed by atoms with Crippen LogP contribution in [0.25, 0.3) is 0 Å². The summed E-state index contributed by atoms with van der Waals surface area (Å²) >= 11 is 5.63. The van der Waals surface area contributed by atoms with Crippen molar-refractivity contribution in [1.29, 1.82) is 0 Å². The van der Waals surface area contributed by atoms with E-state index in [0.717, 1.165) is 17.7 Å². The Bertz CT molecular complexity index is 922. The molecule has 0 spiro atoms. The molecule has 8 heteroatoms. The maximum atomic E-state index is 13.0. The Kier molecular flexibility index (Phi) is 5.45. The second-order valence-electron chi connectivity index (χ2n) is 8.34. The molecule has 0 aromatic heterocycles. The summed E-state index contributed by atoms with van der Waals surface area (Å²) in [5.74, 6) is 0.362. The highest BCUT2D eigenvalue weighted by atomic mass is 35.5. The fraction of sp³-hybridized carbons (Fsp3) is 0.409. The average molecular weight is 439 g/mol. The van der Waals surface area contributed by atoms with E-state index in [1.165, 1.54) is 6.07 Å². The molecule has 1 heterocycles. The number of nitrogens with zero attached hydrogens (tertiary/aromatic N) is 1. The number of anilines is 1. The van der Waals surface area contributed by atoms with Crippen molar-refractivity contribution in [3.8, 4) is 0 Å². The van der Waals surface area contributed by atoms with E-state index in [-0.39, 0.29) is 17.5 Å². The number of urea groups is 1. The lowest BCUT2D eigenvalue weighted by atomic mass is 9.91. The molecule has 2 aromatic rings. The molecular weight excluding hydrogens is 417 g/mol. The summed E-state index contributed by atoms with van der Waals surface area (Å²) in [6, 6.07) is 12.7. The molecule has 2 N–H and O–H groups in total. The third kappa shape index (κ3) is 4.42. The van der Waals surface area contributed by atoms with Crippen LogP contribution in [-0.4, -0.2) is 34.7 Å². The SMILES string of the molecule is O=C(Nc1ccc(Cl)c(C(F)(F)F)c1)N1CC2CC(O)(Cc3ccccc3)CC2C1. The summed E-state index contributed by atoms with van der Waals surface area (Å²) in [4.78, 5) is 14.2. The van der Waals surface area contributed by atoms with Gasteiger partial charge in [-0.05, 0) is 48.4 Å². The fourth-order valence-electron chi connectivity index (χ4n) is 4.77. The number of aliphatic hydroxyl groups is 1. The number of alkyl halides is 3. The molecule has 0 radical (unpaired) electrons. The van der Waals surface area contributed by atoms with Crippen LogP contribution in [0.3, 0.4) is 0 Å². The first kappa shape index (κ1) is 21.0. The summed E-state index contributed by atoms with van der Waals surface area (Å²) < 4.78 is 39.1. The number of carbonyl (C=O) groups excluding carboxylic acids is 1. The van der Waals surface area contributed by atoms with Gasteiger partial charge >= 0.3 is 12.2 Å². The van der Waals surface area contributed by atoms with Gasteiger partial charge in [-0.25, -0.2) is 4.79 Å². The van der Waals surface area contributed by atoms with E-state index < -0.39 is 28.4 Å². The Hall–Kier alpha value is -2.25. The van der Waals surface area contributed by atoms with Crippen molar-refractivity contribution >= 4 is 23.3 Å². The Morgan fingerprint density at radius 1 is 1.13 bits per heavy atom. The standard InChI is InChI=1S/C22H22ClF3N2O2/c23-19-7-6-17(8-18(19)22(24,25)26)27-20(29)28-12-15-10-21(30,11-16(15)13-28)9-14-4-2-1-3-5-14/h1-8,15-16,30H,9-13H2,(H,27,29). The van der Waals surface area contributed by atoms with E-state index in [4.69, 9.17) is 11.6 Å². The summed E-state index contributed by atoms with van der Waals surface area (Å²) in [6.45, 7) is 0.959. The minimum Gasteiger partial charge on any atom is -0.390 e. The Labute approximate surface area is 177 Å². The van der Waals surface area contributed by atoms with E-state index in [9.17, 15) is 23.1 Å². The second-order valence-corrected chi connectivity index (χ2v) is 8.75. The number of hydrogen-bond donors (Lipinski definition) is 2. The minimum atomic E-state index is -4.59. The monoisotopic (exact) mass is 438 g/mol. The van der Waals surface area contributed by atoms with Gasteiger partial charge in [0.15, 0.2) is 0 Å². The van der Waals surface area contributed by atoms with Crippen molar-refractivity contribution < 1.29 is 23.1 Å². The summed E-state index contributed by atoms with van der Waals surface area (Å²) in [6.07, 6.45) is -2.80. The number of halogens is 4. The molecule has 1 saturated carbocycles. The molecule has 30 heavy (non-hydrogen) atoms. The van der Waals surface area contributed by atoms with Gasteiger partial charge in [0.1, 0.15) is 0 Å². The van der Waals surface area contributed by atoms with Gasteiger partial charge in [-0.15, -0.1) is 0 Å². The maximum Gasteiger partial charge on any atom is 0.417 e. The molecule has 2 amide bonds. The molecule has 0 bridgehead atoms. The normalized spacial score (nSPS) is 26.0. The number of benzene rings is 2. The Morgan fingerprint density at radius 2 is 1.77 bits per heavy atom. The predicted octanol–water partition coefficient (Wildman–Crippen LogP) is 5.21. The van der Waals surface area contributed by atoms with Crippen molar-refractivity contribution in [3.05, 3.63) is 64.7 Å². The van der Waals surface area contributed by atoms with E-state index in [1.807, 2.05) is 30.3 Å². The molecule has 4 rings (SSSR count). The first-order chi connectivity index (χ1) is 14.1. The van der Waals surface area contributed by atoms with Crippen LogP contribution in [0.2, 0.25) is 5.02 Å². The summed E-state index contributed by atoms with van der Waals surface area (Å²) in [5.41, 5.74) is -0.629. The maximum absolute atomic E-state index is 13.0. The van der Waals surface area contributed by atoms with E-state index in [2.05, 4.69) is 5.32 Å². The molecule has 2 aliphatic rings. The highest BCUT2D eigenvalue weighted by Crippen LogP contribution is 2.45. The number of nitrogens with one attached hydrogen (secondary N) is 1. The molecule has 160 valence electrons. The number of amides is 2. The van der Waals surface area contributed by atoms with E-state index in [0.29, 0.717) is 32.4 Å². The predicted molar refractivity (Wildman–Crippen MR) is 108 cm³/mol. The zero-order valence-corrected chi connectivity index (χ0v) is 16.9. The molecule has 2 atom stereocenters. The average Bonchev–Trinajstić information content (AvgIpc) is 3.18. The molecular formula is C22H22ClF3N2O2. The number of hydrogen-bond acceptors (Lipinski definition) is 2. The molecule has 2 fully saturated rings. The number of likely N-dealkylation sites (tertiary alicyclic amines) is 1. The molecule has 1 aliphatic heterocycles. The molecule has 2 aromatic carbocycles. The molecule has 1 aliphatic carbocycles. The number of rotatable bonds is 3. The van der Waals surface area contributed by atoms with Crippen molar-refractivity contribution in [2.45, 2.75) is 31.0 Å². The molecule has 1 saturated heterocycles. The van der Waals surface area contributed by atoms with Crippen LogP contribution >= 0.6 is 11.6 Å². The lowest BCUT2D eigenvalue weighted by molar-refractivity contribution is -0.137. The van der Waals surface area contributed by atoms with Crippen molar-refractivity contribution in [3.63, 3.8) is 0 Å². The lowest BCUT2D eigenvalue weighted by Crippen LogP contribution is -2.36. The van der Waals surface area contributed by atoms with Crippen molar-refractivity contribution in [2.24, 2.45) is 11.8 Å². The van der Waals surface area contributed by atoms with Gasteiger partial charge in [-0.2, -0.15) is 13.2 Å². The smallest absolute Gasteiger partial charge is 0.390 e. The van der Waals surface area contributed by atoms with Gasteiger partial charge in [-0.1, -0.05) is 41.9 Å². The lowest BCUT2D eigenvalue weighted by Gasteiger charge is -2.26. The van der Waals surface area contributed by atoms with Gasteiger partial charge in [0.05, 0.1) is 16.2 Å². The van der Waals surface area contributed by atoms with Gasteiger partial charge in [0.2, 0.25) is 0 Å². The number of carbonyl (C=O) groups is 1. The van der Waals surface area contributed by atoms with Crippen molar-refractivity contribution in [2.75, 3.05) is 18.4 Å². The molecule has 4 nitrogen and oxygen atoms in total. The van der Waals surface area contributed by atoms with Crippen LogP contribution < -0.4 is 5.32 Å². The van der Waals surface area contributed by atoms with Crippen LogP contribution in [-0.2, 0) is 12.6 Å². The first-order valence-corrected chi connectivity index (χ1v) is 10.2. The van der Waals surface area contributed by atoms with E-state index in [1.54, 1.807) is 4.90 Å². The summed E-state index contributed by atoms with van der Waals surface area (Å²) in [5, 5.41) is 13.1. The highest BCUT2D eigenvalue weighted by Gasteiger charge is 2.49. The topological polar surface area (TPSA) is 52.6 Å². The summed E-state index contributed by atoms with van der Waals surface area (Å²) in [7, 11) is 0. The Morgan fingerprint density at radius 3 is 2.37 bits per heavy atom. The van der Waals surface area contributed by atoms with Gasteiger partial charge in [0, 0.05) is 25.2 Å². The number of fused-ring (bicyclic) bond motifs is 1. The Balaban J connectivity index is 1.37.